The zero-order chi connectivity index (χ0) is 17.5. The monoisotopic (exact) mass is 352 g/mol. The van der Waals surface area contributed by atoms with Crippen molar-refractivity contribution < 1.29 is 9.53 Å². The molecule has 4 nitrogen and oxygen atoms in total. The summed E-state index contributed by atoms with van der Waals surface area (Å²) in [5, 5.41) is 7.10. The Morgan fingerprint density at radius 2 is 1.96 bits per heavy atom. The molecule has 1 N–H and O–H groups in total. The van der Waals surface area contributed by atoms with Crippen molar-refractivity contribution >= 4 is 17.2 Å². The fourth-order valence-corrected chi connectivity index (χ4v) is 3.17. The average Bonchev–Trinajstić information content (AvgIpc) is 3.20. The molecule has 0 aliphatic heterocycles. The lowest BCUT2D eigenvalue weighted by atomic mass is 10.1. The van der Waals surface area contributed by atoms with E-state index >= 15 is 0 Å². The largest absolute Gasteiger partial charge is 0.497 e. The summed E-state index contributed by atoms with van der Waals surface area (Å²) in [6, 6.07) is 11.9. The van der Waals surface area contributed by atoms with Gasteiger partial charge in [-0.3, -0.25) is 9.78 Å². The van der Waals surface area contributed by atoms with Gasteiger partial charge in [0, 0.05) is 30.9 Å². The molecule has 0 atom stereocenters. The van der Waals surface area contributed by atoms with E-state index < -0.39 is 0 Å². The van der Waals surface area contributed by atoms with Crippen molar-refractivity contribution in [2.75, 3.05) is 7.11 Å². The highest BCUT2D eigenvalue weighted by Crippen LogP contribution is 2.21. The van der Waals surface area contributed by atoms with E-state index in [-0.39, 0.29) is 5.91 Å². The first kappa shape index (κ1) is 17.2. The Labute approximate surface area is 151 Å². The molecule has 0 saturated heterocycles. The van der Waals surface area contributed by atoms with Crippen molar-refractivity contribution in [1.29, 1.82) is 0 Å². The quantitative estimate of drug-likeness (QED) is 0.697. The minimum atomic E-state index is 0.0387. The number of amides is 1. The van der Waals surface area contributed by atoms with Crippen LogP contribution in [0.4, 0.5) is 0 Å². The molecule has 0 radical (unpaired) electrons. The number of carbonyl (C=O) groups is 1. The first-order chi connectivity index (χ1) is 12.2. The van der Waals surface area contributed by atoms with Gasteiger partial charge in [0.1, 0.15) is 5.75 Å². The lowest BCUT2D eigenvalue weighted by molar-refractivity contribution is -0.121. The van der Waals surface area contributed by atoms with E-state index in [9.17, 15) is 4.79 Å². The van der Waals surface area contributed by atoms with E-state index in [2.05, 4.69) is 27.8 Å². The SMILES string of the molecule is COc1ccc(CCC(=O)NCc2cncc(-c3ccsc3)c2)cc1. The number of carbonyl (C=O) groups excluding carboxylic acids is 1. The molecule has 2 heterocycles. The van der Waals surface area contributed by atoms with Gasteiger partial charge in [-0.1, -0.05) is 12.1 Å². The minimum Gasteiger partial charge on any atom is -0.497 e. The highest BCUT2D eigenvalue weighted by Gasteiger charge is 2.05. The van der Waals surface area contributed by atoms with Crippen LogP contribution in [-0.4, -0.2) is 18.0 Å². The van der Waals surface area contributed by atoms with Crippen LogP contribution in [0.3, 0.4) is 0 Å². The smallest absolute Gasteiger partial charge is 0.220 e. The number of ether oxygens (including phenoxy) is 1. The number of benzene rings is 1. The molecule has 0 bridgehead atoms. The number of hydrogen-bond acceptors (Lipinski definition) is 4. The summed E-state index contributed by atoms with van der Waals surface area (Å²) in [4.78, 5) is 16.3. The second-order valence-corrected chi connectivity index (χ2v) is 6.50. The molecule has 2 aromatic heterocycles. The van der Waals surface area contributed by atoms with Crippen LogP contribution in [0.2, 0.25) is 0 Å². The van der Waals surface area contributed by atoms with Crippen molar-refractivity contribution in [2.45, 2.75) is 19.4 Å². The summed E-state index contributed by atoms with van der Waals surface area (Å²) >= 11 is 1.66. The molecule has 0 fully saturated rings. The summed E-state index contributed by atoms with van der Waals surface area (Å²) in [6.07, 6.45) is 4.81. The zero-order valence-electron chi connectivity index (χ0n) is 14.1. The number of methoxy groups -OCH3 is 1. The van der Waals surface area contributed by atoms with E-state index in [0.717, 1.165) is 28.0 Å². The number of aryl methyl sites for hydroxylation is 1. The van der Waals surface area contributed by atoms with Gasteiger partial charge in [-0.25, -0.2) is 0 Å². The predicted octanol–water partition coefficient (Wildman–Crippen LogP) is 4.07. The van der Waals surface area contributed by atoms with Gasteiger partial charge in [0.05, 0.1) is 7.11 Å². The van der Waals surface area contributed by atoms with Crippen LogP contribution in [-0.2, 0) is 17.8 Å². The third-order valence-electron chi connectivity index (χ3n) is 3.94. The Balaban J connectivity index is 1.49. The van der Waals surface area contributed by atoms with Gasteiger partial charge in [0.25, 0.3) is 0 Å². The number of rotatable bonds is 7. The van der Waals surface area contributed by atoms with Crippen molar-refractivity contribution in [3.63, 3.8) is 0 Å². The van der Waals surface area contributed by atoms with E-state index in [0.29, 0.717) is 19.4 Å². The molecule has 0 aliphatic carbocycles. The van der Waals surface area contributed by atoms with Gasteiger partial charge in [0.2, 0.25) is 5.91 Å². The first-order valence-corrected chi connectivity index (χ1v) is 9.05. The van der Waals surface area contributed by atoms with Gasteiger partial charge in [-0.05, 0) is 58.1 Å². The average molecular weight is 352 g/mol. The van der Waals surface area contributed by atoms with Crippen LogP contribution in [0.25, 0.3) is 11.1 Å². The molecular formula is C20H20N2O2S. The molecule has 5 heteroatoms. The molecule has 3 aromatic rings. The molecule has 128 valence electrons. The van der Waals surface area contributed by atoms with Crippen LogP contribution in [0, 0.1) is 0 Å². The molecule has 3 rings (SSSR count). The highest BCUT2D eigenvalue weighted by molar-refractivity contribution is 7.08. The van der Waals surface area contributed by atoms with Crippen LogP contribution in [0.1, 0.15) is 17.5 Å². The van der Waals surface area contributed by atoms with Gasteiger partial charge in [-0.15, -0.1) is 0 Å². The Hall–Kier alpha value is -2.66. The van der Waals surface area contributed by atoms with Gasteiger partial charge in [-0.2, -0.15) is 11.3 Å². The van der Waals surface area contributed by atoms with Crippen LogP contribution in [0.15, 0.2) is 59.6 Å². The summed E-state index contributed by atoms with van der Waals surface area (Å²) in [5.41, 5.74) is 4.36. The number of nitrogens with one attached hydrogen (secondary N) is 1. The molecular weight excluding hydrogens is 332 g/mol. The topological polar surface area (TPSA) is 51.2 Å². The Kier molecular flexibility index (Phi) is 5.80. The maximum absolute atomic E-state index is 12.1. The van der Waals surface area contributed by atoms with Crippen LogP contribution < -0.4 is 10.1 Å². The molecule has 25 heavy (non-hydrogen) atoms. The van der Waals surface area contributed by atoms with E-state index in [1.165, 1.54) is 0 Å². The highest BCUT2D eigenvalue weighted by atomic mass is 32.1. The van der Waals surface area contributed by atoms with Gasteiger partial charge >= 0.3 is 0 Å². The number of hydrogen-bond donors (Lipinski definition) is 1. The lowest BCUT2D eigenvalue weighted by Crippen LogP contribution is -2.23. The Bertz CT molecular complexity index is 814. The van der Waals surface area contributed by atoms with E-state index in [1.54, 1.807) is 24.6 Å². The van der Waals surface area contributed by atoms with Crippen molar-refractivity contribution in [2.24, 2.45) is 0 Å². The fourth-order valence-electron chi connectivity index (χ4n) is 2.51. The second-order valence-electron chi connectivity index (χ2n) is 5.72. The molecule has 0 spiro atoms. The number of nitrogens with zero attached hydrogens (tertiary/aromatic N) is 1. The molecule has 0 saturated carbocycles. The van der Waals surface area contributed by atoms with Crippen molar-refractivity contribution in [3.05, 3.63) is 70.7 Å². The maximum Gasteiger partial charge on any atom is 0.220 e. The maximum atomic E-state index is 12.1. The summed E-state index contributed by atoms with van der Waals surface area (Å²) in [6.45, 7) is 0.492. The molecule has 1 aromatic carbocycles. The molecule has 0 unspecified atom stereocenters. The van der Waals surface area contributed by atoms with Crippen LogP contribution in [0.5, 0.6) is 5.75 Å². The molecule has 0 aliphatic rings. The fraction of sp³-hybridized carbons (Fsp3) is 0.200. The number of thiophene rings is 1. The third-order valence-corrected chi connectivity index (χ3v) is 4.62. The van der Waals surface area contributed by atoms with E-state index in [4.69, 9.17) is 4.74 Å². The third kappa shape index (κ3) is 4.90. The van der Waals surface area contributed by atoms with E-state index in [1.807, 2.05) is 35.8 Å². The number of aromatic nitrogens is 1. The normalized spacial score (nSPS) is 10.4. The van der Waals surface area contributed by atoms with Crippen LogP contribution >= 0.6 is 11.3 Å². The number of pyridine rings is 1. The summed E-state index contributed by atoms with van der Waals surface area (Å²) < 4.78 is 5.13. The molecule has 1 amide bonds. The standard InChI is InChI=1S/C20H20N2O2S/c1-24-19-5-2-15(3-6-19)4-7-20(23)22-12-16-10-18(13-21-11-16)17-8-9-25-14-17/h2-3,5-6,8-11,13-14H,4,7,12H2,1H3,(H,22,23). The summed E-state index contributed by atoms with van der Waals surface area (Å²) in [5.74, 6) is 0.864. The van der Waals surface area contributed by atoms with Gasteiger partial charge < -0.3 is 10.1 Å². The minimum absolute atomic E-state index is 0.0387. The second kappa shape index (κ2) is 8.44. The Morgan fingerprint density at radius 1 is 1.12 bits per heavy atom. The summed E-state index contributed by atoms with van der Waals surface area (Å²) in [7, 11) is 1.64. The first-order valence-electron chi connectivity index (χ1n) is 8.11. The van der Waals surface area contributed by atoms with Crippen molar-refractivity contribution in [3.8, 4) is 16.9 Å². The zero-order valence-corrected chi connectivity index (χ0v) is 14.9. The van der Waals surface area contributed by atoms with Crippen molar-refractivity contribution in [1.82, 2.24) is 10.3 Å². The Morgan fingerprint density at radius 3 is 2.68 bits per heavy atom. The predicted molar refractivity (Wildman–Crippen MR) is 101 cm³/mol. The van der Waals surface area contributed by atoms with Gasteiger partial charge in [0.15, 0.2) is 0 Å². The lowest BCUT2D eigenvalue weighted by Gasteiger charge is -2.07.